The SMILES string of the molecule is N#Cc1cn(CC(=O)O)cc1-c1cc(N)cc(C(F)(F)F)c1. The summed E-state index contributed by atoms with van der Waals surface area (Å²) in [6.07, 6.45) is -2.00. The van der Waals surface area contributed by atoms with Gasteiger partial charge in [0.2, 0.25) is 0 Å². The Morgan fingerprint density at radius 1 is 1.32 bits per heavy atom. The van der Waals surface area contributed by atoms with Crippen LogP contribution in [-0.4, -0.2) is 15.6 Å². The number of halogens is 3. The minimum Gasteiger partial charge on any atom is -0.480 e. The van der Waals surface area contributed by atoms with Gasteiger partial charge in [-0.15, -0.1) is 0 Å². The number of rotatable bonds is 3. The number of carboxylic acids is 1. The van der Waals surface area contributed by atoms with Gasteiger partial charge in [0.05, 0.1) is 11.1 Å². The Balaban J connectivity index is 2.56. The third-order valence-electron chi connectivity index (χ3n) is 2.91. The molecule has 8 heteroatoms. The van der Waals surface area contributed by atoms with Crippen LogP contribution in [-0.2, 0) is 17.5 Å². The number of nitriles is 1. The summed E-state index contributed by atoms with van der Waals surface area (Å²) >= 11 is 0. The van der Waals surface area contributed by atoms with Crippen LogP contribution in [0.25, 0.3) is 11.1 Å². The average molecular weight is 309 g/mol. The summed E-state index contributed by atoms with van der Waals surface area (Å²) in [6, 6.07) is 4.80. The Morgan fingerprint density at radius 3 is 2.55 bits per heavy atom. The van der Waals surface area contributed by atoms with Crippen LogP contribution in [0.1, 0.15) is 11.1 Å². The number of hydrogen-bond donors (Lipinski definition) is 2. The molecule has 0 spiro atoms. The Labute approximate surface area is 123 Å². The molecule has 0 atom stereocenters. The molecule has 22 heavy (non-hydrogen) atoms. The lowest BCUT2D eigenvalue weighted by atomic mass is 10.0. The third kappa shape index (κ3) is 3.20. The van der Waals surface area contributed by atoms with Gasteiger partial charge in [0.15, 0.2) is 0 Å². The normalized spacial score (nSPS) is 11.2. The number of alkyl halides is 3. The van der Waals surface area contributed by atoms with Gasteiger partial charge >= 0.3 is 12.1 Å². The third-order valence-corrected chi connectivity index (χ3v) is 2.91. The molecule has 0 saturated carbocycles. The molecule has 1 aromatic heterocycles. The largest absolute Gasteiger partial charge is 0.480 e. The highest BCUT2D eigenvalue weighted by atomic mass is 19.4. The van der Waals surface area contributed by atoms with Crippen molar-refractivity contribution in [3.05, 3.63) is 41.7 Å². The minimum absolute atomic E-state index is 0.0694. The van der Waals surface area contributed by atoms with Gasteiger partial charge in [-0.2, -0.15) is 18.4 Å². The summed E-state index contributed by atoms with van der Waals surface area (Å²) in [5.74, 6) is -1.13. The lowest BCUT2D eigenvalue weighted by molar-refractivity contribution is -0.138. The monoisotopic (exact) mass is 309 g/mol. The van der Waals surface area contributed by atoms with Crippen molar-refractivity contribution in [3.8, 4) is 17.2 Å². The standard InChI is InChI=1S/C14H10F3N3O2/c15-14(16,17)10-1-8(2-11(19)3-10)12-6-20(7-13(21)22)5-9(12)4-18/h1-3,5-6H,7,19H2,(H,21,22). The molecule has 1 heterocycles. The number of aliphatic carboxylic acids is 1. The van der Waals surface area contributed by atoms with Crippen LogP contribution in [0.2, 0.25) is 0 Å². The summed E-state index contributed by atoms with van der Waals surface area (Å²) in [4.78, 5) is 10.7. The number of nitrogens with two attached hydrogens (primary N) is 1. The number of carbonyl (C=O) groups is 1. The number of hydrogen-bond acceptors (Lipinski definition) is 3. The fourth-order valence-corrected chi connectivity index (χ4v) is 2.05. The van der Waals surface area contributed by atoms with E-state index in [0.717, 1.165) is 12.1 Å². The van der Waals surface area contributed by atoms with E-state index in [1.54, 1.807) is 0 Å². The van der Waals surface area contributed by atoms with Gasteiger partial charge in [-0.25, -0.2) is 0 Å². The second-order valence-corrected chi connectivity index (χ2v) is 4.60. The predicted octanol–water partition coefficient (Wildman–Crippen LogP) is 2.71. The summed E-state index contributed by atoms with van der Waals surface area (Å²) in [5, 5.41) is 17.8. The van der Waals surface area contributed by atoms with Crippen molar-refractivity contribution in [2.75, 3.05) is 5.73 Å². The molecule has 2 aromatic rings. The highest BCUT2D eigenvalue weighted by molar-refractivity contribution is 5.74. The van der Waals surface area contributed by atoms with Gasteiger partial charge in [-0.1, -0.05) is 0 Å². The van der Waals surface area contributed by atoms with Crippen LogP contribution in [0.5, 0.6) is 0 Å². The summed E-state index contributed by atoms with van der Waals surface area (Å²) in [5.41, 5.74) is 4.83. The summed E-state index contributed by atoms with van der Waals surface area (Å²) < 4.78 is 39.7. The van der Waals surface area contributed by atoms with Crippen LogP contribution in [0.4, 0.5) is 18.9 Å². The van der Waals surface area contributed by atoms with Crippen molar-refractivity contribution in [1.29, 1.82) is 5.26 Å². The molecule has 0 saturated heterocycles. The lowest BCUT2D eigenvalue weighted by Crippen LogP contribution is -2.06. The van der Waals surface area contributed by atoms with Crippen LogP contribution in [0, 0.1) is 11.3 Å². The van der Waals surface area contributed by atoms with E-state index in [-0.39, 0.29) is 22.4 Å². The van der Waals surface area contributed by atoms with E-state index in [9.17, 15) is 18.0 Å². The summed E-state index contributed by atoms with van der Waals surface area (Å²) in [6.45, 7) is -0.400. The quantitative estimate of drug-likeness (QED) is 0.853. The molecule has 0 aliphatic heterocycles. The summed E-state index contributed by atoms with van der Waals surface area (Å²) in [7, 11) is 0. The number of aromatic nitrogens is 1. The van der Waals surface area contributed by atoms with Crippen molar-refractivity contribution in [2.45, 2.75) is 12.7 Å². The van der Waals surface area contributed by atoms with Crippen molar-refractivity contribution in [2.24, 2.45) is 0 Å². The number of anilines is 1. The van der Waals surface area contributed by atoms with Crippen molar-refractivity contribution in [3.63, 3.8) is 0 Å². The topological polar surface area (TPSA) is 92.0 Å². The maximum Gasteiger partial charge on any atom is 0.416 e. The van der Waals surface area contributed by atoms with Crippen molar-refractivity contribution >= 4 is 11.7 Å². The number of carboxylic acid groups (broad SMARTS) is 1. The van der Waals surface area contributed by atoms with E-state index in [4.69, 9.17) is 16.1 Å². The molecule has 0 amide bonds. The van der Waals surface area contributed by atoms with E-state index in [0.29, 0.717) is 0 Å². The van der Waals surface area contributed by atoms with Crippen LogP contribution in [0.3, 0.4) is 0 Å². The van der Waals surface area contributed by atoms with Crippen LogP contribution in [0.15, 0.2) is 30.6 Å². The molecule has 0 aliphatic rings. The zero-order chi connectivity index (χ0) is 16.5. The zero-order valence-electron chi connectivity index (χ0n) is 11.1. The fourth-order valence-electron chi connectivity index (χ4n) is 2.05. The maximum atomic E-state index is 12.8. The Morgan fingerprint density at radius 2 is 2.00 bits per heavy atom. The zero-order valence-corrected chi connectivity index (χ0v) is 11.1. The van der Waals surface area contributed by atoms with Crippen LogP contribution >= 0.6 is 0 Å². The first-order valence-corrected chi connectivity index (χ1v) is 6.00. The molecule has 0 fully saturated rings. The Bertz CT molecular complexity index is 773. The average Bonchev–Trinajstić information content (AvgIpc) is 2.79. The van der Waals surface area contributed by atoms with E-state index in [1.165, 1.54) is 23.0 Å². The number of nitrogens with zero attached hydrogens (tertiary/aromatic N) is 2. The first kappa shape index (κ1) is 15.4. The molecule has 1 aromatic carbocycles. The maximum absolute atomic E-state index is 12.8. The Kier molecular flexibility index (Phi) is 3.82. The first-order valence-electron chi connectivity index (χ1n) is 6.00. The second kappa shape index (κ2) is 5.44. The van der Waals surface area contributed by atoms with E-state index in [1.807, 2.05) is 6.07 Å². The molecule has 0 radical (unpaired) electrons. The Hall–Kier alpha value is -2.95. The van der Waals surface area contributed by atoms with Crippen LogP contribution < -0.4 is 5.73 Å². The smallest absolute Gasteiger partial charge is 0.416 e. The minimum atomic E-state index is -4.57. The predicted molar refractivity (Wildman–Crippen MR) is 71.6 cm³/mol. The van der Waals surface area contributed by atoms with E-state index < -0.39 is 24.3 Å². The molecule has 2 rings (SSSR count). The van der Waals surface area contributed by atoms with Crippen molar-refractivity contribution in [1.82, 2.24) is 4.57 Å². The van der Waals surface area contributed by atoms with Gasteiger partial charge in [0, 0.05) is 23.6 Å². The fraction of sp³-hybridized carbons (Fsp3) is 0.143. The van der Waals surface area contributed by atoms with E-state index >= 15 is 0 Å². The second-order valence-electron chi connectivity index (χ2n) is 4.60. The molecule has 0 bridgehead atoms. The van der Waals surface area contributed by atoms with Gasteiger partial charge in [0.1, 0.15) is 12.6 Å². The highest BCUT2D eigenvalue weighted by Crippen LogP contribution is 2.35. The molecule has 0 aliphatic carbocycles. The number of nitrogen functional groups attached to an aromatic ring is 1. The van der Waals surface area contributed by atoms with Gasteiger partial charge < -0.3 is 15.4 Å². The molecule has 0 unspecified atom stereocenters. The van der Waals surface area contributed by atoms with Gasteiger partial charge in [-0.05, 0) is 23.8 Å². The van der Waals surface area contributed by atoms with Gasteiger partial charge in [-0.3, -0.25) is 4.79 Å². The van der Waals surface area contributed by atoms with E-state index in [2.05, 4.69) is 0 Å². The molecular formula is C14H10F3N3O2. The molecule has 114 valence electrons. The number of benzene rings is 1. The van der Waals surface area contributed by atoms with Gasteiger partial charge in [0.25, 0.3) is 0 Å². The molecular weight excluding hydrogens is 299 g/mol. The first-order chi connectivity index (χ1) is 10.2. The highest BCUT2D eigenvalue weighted by Gasteiger charge is 2.31. The molecule has 5 nitrogen and oxygen atoms in total. The van der Waals surface area contributed by atoms with Crippen molar-refractivity contribution < 1.29 is 23.1 Å². The lowest BCUT2D eigenvalue weighted by Gasteiger charge is -2.10. The molecule has 3 N–H and O–H groups in total.